The molecule has 1 atom stereocenters. The summed E-state index contributed by atoms with van der Waals surface area (Å²) in [6.07, 6.45) is 5.07. The lowest BCUT2D eigenvalue weighted by atomic mass is 9.90. The zero-order valence-corrected chi connectivity index (χ0v) is 13.0. The fourth-order valence-electron chi connectivity index (χ4n) is 3.32. The maximum atomic E-state index is 12.8. The van der Waals surface area contributed by atoms with Crippen LogP contribution in [0.4, 0.5) is 0 Å². The smallest absolute Gasteiger partial charge is 0.185 e. The van der Waals surface area contributed by atoms with Crippen LogP contribution in [0, 0.1) is 11.3 Å². The van der Waals surface area contributed by atoms with Gasteiger partial charge in [0, 0.05) is 12.0 Å². The molecule has 104 valence electrons. The zero-order chi connectivity index (χ0) is 13.6. The van der Waals surface area contributed by atoms with Crippen molar-refractivity contribution in [2.75, 3.05) is 13.1 Å². The van der Waals surface area contributed by atoms with E-state index in [1.165, 1.54) is 0 Å². The predicted octanol–water partition coefficient (Wildman–Crippen LogP) is 2.80. The highest BCUT2D eigenvalue weighted by molar-refractivity contribution is 9.10. The molecule has 3 rings (SSSR count). The molecule has 1 aliphatic carbocycles. The summed E-state index contributed by atoms with van der Waals surface area (Å²) < 4.78 is 2.68. The molecule has 2 aliphatic rings. The van der Waals surface area contributed by atoms with Crippen LogP contribution in [0.2, 0.25) is 0 Å². The number of piperidine rings is 1. The minimum Gasteiger partial charge on any atom is -0.317 e. The zero-order valence-electron chi connectivity index (χ0n) is 11.4. The van der Waals surface area contributed by atoms with Crippen LogP contribution in [0.1, 0.15) is 49.6 Å². The second kappa shape index (κ2) is 4.70. The van der Waals surface area contributed by atoms with Crippen molar-refractivity contribution in [3.63, 3.8) is 0 Å². The number of nitrogens with zero attached hydrogens (tertiary/aromatic N) is 2. The number of hydrogen-bond donors (Lipinski definition) is 1. The third-order valence-corrected chi connectivity index (χ3v) is 5.16. The number of hydrogen-bond acceptors (Lipinski definition) is 3. The minimum absolute atomic E-state index is 0.208. The van der Waals surface area contributed by atoms with E-state index in [1.54, 1.807) is 6.20 Å². The normalized spacial score (nSPS) is 24.9. The van der Waals surface area contributed by atoms with Crippen molar-refractivity contribution in [2.24, 2.45) is 11.3 Å². The Morgan fingerprint density at radius 3 is 2.84 bits per heavy atom. The van der Waals surface area contributed by atoms with Crippen molar-refractivity contribution in [1.82, 2.24) is 15.1 Å². The second-order valence-electron chi connectivity index (χ2n) is 6.11. The number of carbonyl (C=O) groups is 1. The van der Waals surface area contributed by atoms with Crippen LogP contribution in [0.3, 0.4) is 0 Å². The van der Waals surface area contributed by atoms with Crippen molar-refractivity contribution < 1.29 is 4.79 Å². The summed E-state index contributed by atoms with van der Waals surface area (Å²) in [6.45, 7) is 6.22. The monoisotopic (exact) mass is 325 g/mol. The topological polar surface area (TPSA) is 46.9 Å². The maximum absolute atomic E-state index is 12.8. The number of rotatable bonds is 3. The highest BCUT2D eigenvalue weighted by Crippen LogP contribution is 2.59. The number of nitrogens with one attached hydrogen (secondary N) is 1. The van der Waals surface area contributed by atoms with Crippen LogP contribution in [0.5, 0.6) is 0 Å². The van der Waals surface area contributed by atoms with E-state index in [0.717, 1.165) is 42.5 Å². The summed E-state index contributed by atoms with van der Waals surface area (Å²) in [5, 5.41) is 7.69. The largest absolute Gasteiger partial charge is 0.317 e. The van der Waals surface area contributed by atoms with Crippen LogP contribution >= 0.6 is 15.9 Å². The van der Waals surface area contributed by atoms with E-state index in [4.69, 9.17) is 0 Å². The Bertz CT molecular complexity index is 503. The minimum atomic E-state index is 0.208. The Morgan fingerprint density at radius 2 is 2.21 bits per heavy atom. The summed E-state index contributed by atoms with van der Waals surface area (Å²) in [7, 11) is 0. The molecule has 5 heteroatoms. The molecule has 19 heavy (non-hydrogen) atoms. The Labute approximate surface area is 122 Å². The maximum Gasteiger partial charge on any atom is 0.185 e. The Hall–Kier alpha value is -0.680. The van der Waals surface area contributed by atoms with Gasteiger partial charge in [0.05, 0.1) is 10.7 Å². The first-order chi connectivity index (χ1) is 9.05. The third kappa shape index (κ3) is 2.17. The Morgan fingerprint density at radius 1 is 1.53 bits per heavy atom. The van der Waals surface area contributed by atoms with Gasteiger partial charge in [0.15, 0.2) is 5.78 Å². The van der Waals surface area contributed by atoms with Gasteiger partial charge in [-0.05, 0) is 67.5 Å². The highest BCUT2D eigenvalue weighted by atomic mass is 79.9. The first kappa shape index (κ1) is 13.3. The van der Waals surface area contributed by atoms with E-state index in [1.807, 2.05) is 4.68 Å². The lowest BCUT2D eigenvalue weighted by Crippen LogP contribution is -2.31. The third-order valence-electron chi connectivity index (χ3n) is 4.58. The van der Waals surface area contributed by atoms with Gasteiger partial charge in [0.1, 0.15) is 5.69 Å². The molecule has 0 radical (unpaired) electrons. The van der Waals surface area contributed by atoms with Crippen LogP contribution in [0.25, 0.3) is 0 Å². The van der Waals surface area contributed by atoms with Gasteiger partial charge in [-0.3, -0.25) is 9.48 Å². The number of halogens is 1. The molecule has 2 heterocycles. The molecule has 1 aliphatic heterocycles. The molecular formula is C14H20BrN3O. The quantitative estimate of drug-likeness (QED) is 0.869. The van der Waals surface area contributed by atoms with E-state index in [2.05, 4.69) is 40.2 Å². The molecule has 1 spiro atoms. The average molecular weight is 326 g/mol. The molecule has 1 aromatic heterocycles. The number of aromatic nitrogens is 2. The lowest BCUT2D eigenvalue weighted by Gasteiger charge is -2.23. The molecule has 1 unspecified atom stereocenters. The van der Waals surface area contributed by atoms with E-state index in [-0.39, 0.29) is 23.2 Å². The van der Waals surface area contributed by atoms with Crippen LogP contribution in [-0.2, 0) is 0 Å². The van der Waals surface area contributed by atoms with Crippen LogP contribution in [0.15, 0.2) is 10.7 Å². The van der Waals surface area contributed by atoms with Gasteiger partial charge in [0.2, 0.25) is 0 Å². The van der Waals surface area contributed by atoms with Gasteiger partial charge in [-0.2, -0.15) is 5.10 Å². The summed E-state index contributed by atoms with van der Waals surface area (Å²) in [5.41, 5.74) is 1.05. The van der Waals surface area contributed by atoms with Gasteiger partial charge in [-0.1, -0.05) is 0 Å². The van der Waals surface area contributed by atoms with Crippen molar-refractivity contribution in [2.45, 2.75) is 39.2 Å². The molecule has 2 fully saturated rings. The van der Waals surface area contributed by atoms with Crippen molar-refractivity contribution in [1.29, 1.82) is 0 Å². The number of Topliss-reactive ketones (excluding diaryl/α,β-unsaturated/α-hetero) is 1. The fourth-order valence-corrected chi connectivity index (χ4v) is 3.79. The number of carbonyl (C=O) groups excluding carboxylic acids is 1. The van der Waals surface area contributed by atoms with Gasteiger partial charge < -0.3 is 5.32 Å². The second-order valence-corrected chi connectivity index (χ2v) is 6.97. The van der Waals surface area contributed by atoms with Gasteiger partial charge in [-0.15, -0.1) is 0 Å². The summed E-state index contributed by atoms with van der Waals surface area (Å²) in [6, 6.07) is 0.216. The fraction of sp³-hybridized carbons (Fsp3) is 0.714. The SMILES string of the molecule is CC(C)n1ncc(Br)c1C(=O)C1CC12CCNCC2. The number of ketones is 1. The van der Waals surface area contributed by atoms with E-state index in [0.29, 0.717) is 0 Å². The first-order valence-corrected chi connectivity index (χ1v) is 7.82. The molecular weight excluding hydrogens is 306 g/mol. The van der Waals surface area contributed by atoms with E-state index in [9.17, 15) is 4.79 Å². The molecule has 1 N–H and O–H groups in total. The Balaban J connectivity index is 1.84. The molecule has 0 aromatic carbocycles. The van der Waals surface area contributed by atoms with Crippen molar-refractivity contribution in [3.05, 3.63) is 16.4 Å². The van der Waals surface area contributed by atoms with Gasteiger partial charge >= 0.3 is 0 Å². The summed E-state index contributed by atoms with van der Waals surface area (Å²) in [5.74, 6) is 0.486. The van der Waals surface area contributed by atoms with Gasteiger partial charge in [-0.25, -0.2) is 0 Å². The summed E-state index contributed by atoms with van der Waals surface area (Å²) in [4.78, 5) is 12.8. The van der Waals surface area contributed by atoms with E-state index >= 15 is 0 Å². The average Bonchev–Trinajstić information content (AvgIpc) is 2.92. The predicted molar refractivity (Wildman–Crippen MR) is 77.3 cm³/mol. The Kier molecular flexibility index (Phi) is 3.29. The molecule has 0 bridgehead atoms. The van der Waals surface area contributed by atoms with Crippen LogP contribution < -0.4 is 5.32 Å². The standard InChI is InChI=1S/C14H20BrN3O/c1-9(2)18-12(11(15)8-17-18)13(19)10-7-14(10)3-5-16-6-4-14/h8-10,16H,3-7H2,1-2H3. The van der Waals surface area contributed by atoms with Crippen molar-refractivity contribution >= 4 is 21.7 Å². The molecule has 1 aromatic rings. The first-order valence-electron chi connectivity index (χ1n) is 7.03. The lowest BCUT2D eigenvalue weighted by molar-refractivity contribution is 0.0927. The van der Waals surface area contributed by atoms with Gasteiger partial charge in [0.25, 0.3) is 0 Å². The summed E-state index contributed by atoms with van der Waals surface area (Å²) >= 11 is 3.48. The van der Waals surface area contributed by atoms with Crippen LogP contribution in [-0.4, -0.2) is 28.7 Å². The molecule has 0 amide bonds. The molecule has 4 nitrogen and oxygen atoms in total. The molecule has 1 saturated heterocycles. The van der Waals surface area contributed by atoms with E-state index < -0.39 is 0 Å². The molecule has 1 saturated carbocycles. The van der Waals surface area contributed by atoms with Crippen molar-refractivity contribution in [3.8, 4) is 0 Å². The highest BCUT2D eigenvalue weighted by Gasteiger charge is 2.58.